The summed E-state index contributed by atoms with van der Waals surface area (Å²) in [5.74, 6) is -0.947. The van der Waals surface area contributed by atoms with Crippen molar-refractivity contribution in [3.05, 3.63) is 11.3 Å². The van der Waals surface area contributed by atoms with E-state index in [4.69, 9.17) is 5.11 Å². The number of hydrogen-bond donors (Lipinski definition) is 2. The predicted molar refractivity (Wildman–Crippen MR) is 53.9 cm³/mol. The Balaban J connectivity index is 2.93. The highest BCUT2D eigenvalue weighted by Crippen LogP contribution is 2.25. The SMILES string of the molecule is CSC1(C)N=CC(C(=O)O)=C(C)N1. The zero-order chi connectivity index (χ0) is 10.1. The summed E-state index contributed by atoms with van der Waals surface area (Å²) in [5.41, 5.74) is 0.880. The first-order valence-electron chi connectivity index (χ1n) is 3.81. The number of nitrogens with zero attached hydrogens (tertiary/aromatic N) is 1. The lowest BCUT2D eigenvalue weighted by atomic mass is 10.2. The maximum absolute atomic E-state index is 10.7. The van der Waals surface area contributed by atoms with Crippen LogP contribution in [0.25, 0.3) is 0 Å². The molecule has 0 aliphatic carbocycles. The molecule has 5 heteroatoms. The van der Waals surface area contributed by atoms with E-state index in [1.807, 2.05) is 13.2 Å². The lowest BCUT2D eigenvalue weighted by Gasteiger charge is -2.29. The number of aliphatic carboxylic acids is 1. The number of hydrogen-bond acceptors (Lipinski definition) is 4. The van der Waals surface area contributed by atoms with Gasteiger partial charge in [0.1, 0.15) is 0 Å². The van der Waals surface area contributed by atoms with Crippen LogP contribution in [0.15, 0.2) is 16.3 Å². The van der Waals surface area contributed by atoms with Crippen LogP contribution in [0.2, 0.25) is 0 Å². The van der Waals surface area contributed by atoms with Crippen molar-refractivity contribution < 1.29 is 9.90 Å². The molecule has 0 fully saturated rings. The summed E-state index contributed by atoms with van der Waals surface area (Å²) in [7, 11) is 0. The molecule has 0 saturated carbocycles. The monoisotopic (exact) mass is 200 g/mol. The van der Waals surface area contributed by atoms with Gasteiger partial charge in [-0.3, -0.25) is 4.99 Å². The average Bonchev–Trinajstić information content (AvgIpc) is 2.03. The van der Waals surface area contributed by atoms with Gasteiger partial charge in [-0.05, 0) is 20.1 Å². The number of carbonyl (C=O) groups is 1. The highest BCUT2D eigenvalue weighted by Gasteiger charge is 2.26. The van der Waals surface area contributed by atoms with Crippen LogP contribution in [0.5, 0.6) is 0 Å². The van der Waals surface area contributed by atoms with Crippen molar-refractivity contribution in [2.75, 3.05) is 6.26 Å². The van der Waals surface area contributed by atoms with E-state index in [9.17, 15) is 4.79 Å². The maximum Gasteiger partial charge on any atom is 0.339 e. The Morgan fingerprint density at radius 3 is 2.77 bits per heavy atom. The van der Waals surface area contributed by atoms with E-state index in [0.717, 1.165) is 0 Å². The van der Waals surface area contributed by atoms with Gasteiger partial charge in [0, 0.05) is 11.9 Å². The topological polar surface area (TPSA) is 61.7 Å². The molecule has 0 spiro atoms. The molecule has 1 unspecified atom stereocenters. The van der Waals surface area contributed by atoms with Gasteiger partial charge in [-0.1, -0.05) is 0 Å². The quantitative estimate of drug-likeness (QED) is 0.699. The Morgan fingerprint density at radius 2 is 2.38 bits per heavy atom. The summed E-state index contributed by atoms with van der Waals surface area (Å²) in [5, 5.41) is 11.8. The molecule has 1 aliphatic rings. The molecular weight excluding hydrogens is 188 g/mol. The van der Waals surface area contributed by atoms with Crippen molar-refractivity contribution in [3.8, 4) is 0 Å². The molecule has 13 heavy (non-hydrogen) atoms. The maximum atomic E-state index is 10.7. The molecule has 1 rings (SSSR count). The summed E-state index contributed by atoms with van der Waals surface area (Å²) in [6.45, 7) is 3.64. The van der Waals surface area contributed by atoms with Crippen molar-refractivity contribution >= 4 is 23.9 Å². The molecule has 0 bridgehead atoms. The van der Waals surface area contributed by atoms with E-state index >= 15 is 0 Å². The normalized spacial score (nSPS) is 27.3. The Kier molecular flexibility index (Phi) is 2.66. The summed E-state index contributed by atoms with van der Waals surface area (Å²) < 4.78 is 0. The molecule has 0 radical (unpaired) electrons. The van der Waals surface area contributed by atoms with E-state index in [1.165, 1.54) is 18.0 Å². The number of thioether (sulfide) groups is 1. The van der Waals surface area contributed by atoms with Gasteiger partial charge in [0.25, 0.3) is 0 Å². The molecule has 0 saturated heterocycles. The van der Waals surface area contributed by atoms with Crippen LogP contribution in [0.3, 0.4) is 0 Å². The fourth-order valence-corrected chi connectivity index (χ4v) is 1.46. The summed E-state index contributed by atoms with van der Waals surface area (Å²) in [6.07, 6.45) is 3.33. The number of nitrogens with one attached hydrogen (secondary N) is 1. The van der Waals surface area contributed by atoms with Gasteiger partial charge in [-0.25, -0.2) is 4.79 Å². The van der Waals surface area contributed by atoms with Gasteiger partial charge in [0.2, 0.25) is 0 Å². The Hall–Kier alpha value is -0.970. The van der Waals surface area contributed by atoms with Crippen LogP contribution in [0.1, 0.15) is 13.8 Å². The van der Waals surface area contributed by atoms with Crippen LogP contribution >= 0.6 is 11.8 Å². The van der Waals surface area contributed by atoms with Gasteiger partial charge < -0.3 is 10.4 Å². The summed E-state index contributed by atoms with van der Waals surface area (Å²) in [4.78, 5) is 14.4. The fraction of sp³-hybridized carbons (Fsp3) is 0.500. The standard InChI is InChI=1S/C8H12N2O2S/c1-5-6(7(11)12)4-9-8(2,10-5)13-3/h4,10H,1-3H3,(H,11,12). The Labute approximate surface area is 81.1 Å². The van der Waals surface area contributed by atoms with Gasteiger partial charge in [0.15, 0.2) is 4.99 Å². The van der Waals surface area contributed by atoms with Crippen LogP contribution in [0, 0.1) is 0 Å². The van der Waals surface area contributed by atoms with E-state index in [2.05, 4.69) is 10.3 Å². The zero-order valence-corrected chi connectivity index (χ0v) is 8.60. The molecule has 72 valence electrons. The number of carboxylic acid groups (broad SMARTS) is 1. The second kappa shape index (κ2) is 3.41. The number of rotatable bonds is 2. The first-order chi connectivity index (χ1) is 5.98. The lowest BCUT2D eigenvalue weighted by Crippen LogP contribution is -2.39. The molecule has 0 aromatic heterocycles. The number of aliphatic imine (C=N–C) groups is 1. The van der Waals surface area contributed by atoms with Gasteiger partial charge in [0.05, 0.1) is 5.57 Å². The minimum absolute atomic E-state index is 0.228. The van der Waals surface area contributed by atoms with Crippen molar-refractivity contribution in [1.29, 1.82) is 0 Å². The Morgan fingerprint density at radius 1 is 1.77 bits per heavy atom. The molecule has 0 aromatic rings. The van der Waals surface area contributed by atoms with Gasteiger partial charge in [-0.2, -0.15) is 0 Å². The highest BCUT2D eigenvalue weighted by molar-refractivity contribution is 7.99. The molecular formula is C8H12N2O2S. The van der Waals surface area contributed by atoms with Crippen molar-refractivity contribution in [2.24, 2.45) is 4.99 Å². The third-order valence-electron chi connectivity index (χ3n) is 1.89. The molecule has 1 aliphatic heterocycles. The van der Waals surface area contributed by atoms with Crippen LogP contribution in [-0.4, -0.2) is 28.5 Å². The van der Waals surface area contributed by atoms with Crippen molar-refractivity contribution in [3.63, 3.8) is 0 Å². The van der Waals surface area contributed by atoms with Crippen molar-refractivity contribution in [1.82, 2.24) is 5.32 Å². The number of allylic oxidation sites excluding steroid dienone is 1. The smallest absolute Gasteiger partial charge is 0.339 e. The van der Waals surface area contributed by atoms with E-state index < -0.39 is 11.0 Å². The van der Waals surface area contributed by atoms with Crippen LogP contribution in [-0.2, 0) is 4.79 Å². The first kappa shape index (κ1) is 10.1. The van der Waals surface area contributed by atoms with E-state index in [-0.39, 0.29) is 5.57 Å². The van der Waals surface area contributed by atoms with Gasteiger partial charge in [-0.15, -0.1) is 11.8 Å². The highest BCUT2D eigenvalue weighted by atomic mass is 32.2. The fourth-order valence-electron chi connectivity index (χ4n) is 1.05. The summed E-state index contributed by atoms with van der Waals surface area (Å²) in [6, 6.07) is 0. The molecule has 1 atom stereocenters. The lowest BCUT2D eigenvalue weighted by molar-refractivity contribution is -0.132. The second-order valence-corrected chi connectivity index (χ2v) is 4.12. The van der Waals surface area contributed by atoms with Crippen molar-refractivity contribution in [2.45, 2.75) is 18.8 Å². The van der Waals surface area contributed by atoms with Gasteiger partial charge >= 0.3 is 5.97 Å². The molecule has 0 aromatic carbocycles. The molecule has 1 heterocycles. The minimum atomic E-state index is -0.947. The third kappa shape index (κ3) is 2.03. The zero-order valence-electron chi connectivity index (χ0n) is 7.79. The van der Waals surface area contributed by atoms with Crippen LogP contribution < -0.4 is 5.32 Å². The number of carboxylic acids is 1. The minimum Gasteiger partial charge on any atom is -0.478 e. The predicted octanol–water partition coefficient (Wildman–Crippen LogP) is 1.06. The van der Waals surface area contributed by atoms with E-state index in [0.29, 0.717) is 5.70 Å². The second-order valence-electron chi connectivity index (χ2n) is 2.91. The Bertz CT molecular complexity index is 299. The summed E-state index contributed by atoms with van der Waals surface area (Å²) >= 11 is 1.53. The third-order valence-corrected chi connectivity index (χ3v) is 2.89. The molecule has 2 N–H and O–H groups in total. The van der Waals surface area contributed by atoms with Crippen LogP contribution in [0.4, 0.5) is 0 Å². The average molecular weight is 200 g/mol. The first-order valence-corrected chi connectivity index (χ1v) is 5.04. The largest absolute Gasteiger partial charge is 0.478 e. The molecule has 0 amide bonds. The molecule has 4 nitrogen and oxygen atoms in total. The van der Waals surface area contributed by atoms with E-state index in [1.54, 1.807) is 6.92 Å².